The number of halogens is 1. The van der Waals surface area contributed by atoms with Gasteiger partial charge in [-0.2, -0.15) is 4.72 Å². The van der Waals surface area contributed by atoms with Gasteiger partial charge in [-0.1, -0.05) is 20.8 Å². The Morgan fingerprint density at radius 3 is 2.19 bits per heavy atom. The Bertz CT molecular complexity index is 650. The number of hydrogen-bond donors (Lipinski definition) is 3. The molecule has 2 atom stereocenters. The summed E-state index contributed by atoms with van der Waals surface area (Å²) >= 11 is 0. The zero-order valence-corrected chi connectivity index (χ0v) is 17.5. The van der Waals surface area contributed by atoms with Crippen molar-refractivity contribution >= 4 is 28.3 Å². The van der Waals surface area contributed by atoms with Crippen molar-refractivity contribution in [3.8, 4) is 5.75 Å². The van der Waals surface area contributed by atoms with Crippen LogP contribution >= 0.6 is 12.4 Å². The minimum atomic E-state index is -3.81. The van der Waals surface area contributed by atoms with Crippen molar-refractivity contribution in [2.45, 2.75) is 44.7 Å². The molecule has 1 unspecified atom stereocenters. The number of ether oxygens (including phenoxy) is 1. The van der Waals surface area contributed by atoms with E-state index in [0.29, 0.717) is 12.3 Å². The van der Waals surface area contributed by atoms with Crippen LogP contribution in [0.25, 0.3) is 0 Å². The topological polar surface area (TPSA) is 96.5 Å². The smallest absolute Gasteiger partial charge is 0.241 e. The van der Waals surface area contributed by atoms with Gasteiger partial charge in [-0.25, -0.2) is 8.42 Å². The summed E-state index contributed by atoms with van der Waals surface area (Å²) in [6.07, 6.45) is 0. The molecular formula is C17H30ClN3O4S. The van der Waals surface area contributed by atoms with Crippen LogP contribution in [-0.4, -0.2) is 46.6 Å². The van der Waals surface area contributed by atoms with Gasteiger partial charge in [-0.15, -0.1) is 12.4 Å². The van der Waals surface area contributed by atoms with Crippen LogP contribution in [0, 0.1) is 5.92 Å². The van der Waals surface area contributed by atoms with Crippen molar-refractivity contribution in [3.05, 3.63) is 24.3 Å². The molecule has 0 heterocycles. The second-order valence-corrected chi connectivity index (χ2v) is 7.94. The van der Waals surface area contributed by atoms with Crippen LogP contribution in [-0.2, 0) is 14.8 Å². The maximum atomic E-state index is 12.5. The Morgan fingerprint density at radius 1 is 1.15 bits per heavy atom. The van der Waals surface area contributed by atoms with Gasteiger partial charge in [0, 0.05) is 12.6 Å². The molecule has 0 spiro atoms. The lowest BCUT2D eigenvalue weighted by Gasteiger charge is -2.23. The Kier molecular flexibility index (Phi) is 10.8. The molecule has 0 fully saturated rings. The second kappa shape index (κ2) is 11.4. The van der Waals surface area contributed by atoms with Crippen LogP contribution in [0.4, 0.5) is 0 Å². The van der Waals surface area contributed by atoms with Gasteiger partial charge in [0.1, 0.15) is 11.8 Å². The van der Waals surface area contributed by atoms with Crippen LogP contribution in [0.15, 0.2) is 29.2 Å². The Balaban J connectivity index is 0.00000625. The molecule has 0 aliphatic rings. The van der Waals surface area contributed by atoms with E-state index >= 15 is 0 Å². The van der Waals surface area contributed by atoms with E-state index in [1.807, 2.05) is 13.8 Å². The minimum absolute atomic E-state index is 0. The van der Waals surface area contributed by atoms with Gasteiger partial charge in [-0.05, 0) is 43.7 Å². The van der Waals surface area contributed by atoms with Gasteiger partial charge >= 0.3 is 0 Å². The average molecular weight is 408 g/mol. The molecule has 9 heteroatoms. The van der Waals surface area contributed by atoms with Crippen molar-refractivity contribution in [2.24, 2.45) is 5.92 Å². The van der Waals surface area contributed by atoms with Crippen LogP contribution in [0.2, 0.25) is 0 Å². The third-order valence-corrected chi connectivity index (χ3v) is 5.19. The van der Waals surface area contributed by atoms with Gasteiger partial charge in [-0.3, -0.25) is 4.79 Å². The van der Waals surface area contributed by atoms with E-state index < -0.39 is 16.1 Å². The quantitative estimate of drug-likeness (QED) is 0.546. The summed E-state index contributed by atoms with van der Waals surface area (Å²) < 4.78 is 32.6. The summed E-state index contributed by atoms with van der Waals surface area (Å²) in [4.78, 5) is 12.5. The first-order valence-electron chi connectivity index (χ1n) is 8.38. The third-order valence-electron chi connectivity index (χ3n) is 3.74. The summed E-state index contributed by atoms with van der Waals surface area (Å²) in [6, 6.07) is 5.29. The molecule has 0 bridgehead atoms. The van der Waals surface area contributed by atoms with Crippen LogP contribution < -0.4 is 20.1 Å². The van der Waals surface area contributed by atoms with E-state index in [-0.39, 0.29) is 35.2 Å². The molecule has 26 heavy (non-hydrogen) atoms. The SMILES string of the molecule is CCN[C@H](C)CNC(=O)C(NS(=O)(=O)c1ccc(OC)cc1)C(C)C.Cl. The van der Waals surface area contributed by atoms with Crippen molar-refractivity contribution < 1.29 is 17.9 Å². The lowest BCUT2D eigenvalue weighted by molar-refractivity contribution is -0.123. The Hall–Kier alpha value is -1.35. The van der Waals surface area contributed by atoms with Crippen LogP contribution in [0.1, 0.15) is 27.7 Å². The van der Waals surface area contributed by atoms with Crippen molar-refractivity contribution in [1.82, 2.24) is 15.4 Å². The molecule has 150 valence electrons. The first-order chi connectivity index (χ1) is 11.7. The predicted molar refractivity (Wildman–Crippen MR) is 105 cm³/mol. The largest absolute Gasteiger partial charge is 0.497 e. The molecule has 0 aliphatic heterocycles. The molecule has 7 nitrogen and oxygen atoms in total. The number of rotatable bonds is 10. The second-order valence-electron chi connectivity index (χ2n) is 6.22. The summed E-state index contributed by atoms with van der Waals surface area (Å²) in [5, 5.41) is 5.98. The predicted octanol–water partition coefficient (Wildman–Crippen LogP) is 1.53. The molecular weight excluding hydrogens is 378 g/mol. The molecule has 0 saturated heterocycles. The summed E-state index contributed by atoms with van der Waals surface area (Å²) in [5.74, 6) is 0.0359. The molecule has 1 amide bonds. The number of methoxy groups -OCH3 is 1. The number of sulfonamides is 1. The maximum Gasteiger partial charge on any atom is 0.241 e. The molecule has 1 rings (SSSR count). The highest BCUT2D eigenvalue weighted by atomic mass is 35.5. The van der Waals surface area contributed by atoms with Gasteiger partial charge in [0.25, 0.3) is 0 Å². The first-order valence-corrected chi connectivity index (χ1v) is 9.87. The van der Waals surface area contributed by atoms with Crippen LogP contribution in [0.3, 0.4) is 0 Å². The van der Waals surface area contributed by atoms with E-state index in [1.165, 1.54) is 19.2 Å². The Labute approximate surface area is 162 Å². The molecule has 0 saturated carbocycles. The highest BCUT2D eigenvalue weighted by Crippen LogP contribution is 2.16. The highest BCUT2D eigenvalue weighted by Gasteiger charge is 2.28. The lowest BCUT2D eigenvalue weighted by Crippen LogP contribution is -2.51. The number of amides is 1. The molecule has 1 aromatic carbocycles. The van der Waals surface area contributed by atoms with Gasteiger partial charge < -0.3 is 15.4 Å². The fraction of sp³-hybridized carbons (Fsp3) is 0.588. The van der Waals surface area contributed by atoms with Crippen molar-refractivity contribution in [3.63, 3.8) is 0 Å². The number of carbonyl (C=O) groups excluding carboxylic acids is 1. The molecule has 0 aliphatic carbocycles. The summed E-state index contributed by atoms with van der Waals surface area (Å²) in [5.41, 5.74) is 0. The maximum absolute atomic E-state index is 12.5. The number of benzene rings is 1. The standard InChI is InChI=1S/C17H29N3O4S.ClH/c1-6-18-13(4)11-19-17(21)16(12(2)3)20-25(22,23)15-9-7-14(24-5)8-10-15;/h7-10,12-13,16,18,20H,6,11H2,1-5H3,(H,19,21);1H/t13-,16?;/m1./s1. The monoisotopic (exact) mass is 407 g/mol. The van der Waals surface area contributed by atoms with Gasteiger partial charge in [0.2, 0.25) is 15.9 Å². The van der Waals surface area contributed by atoms with E-state index in [0.717, 1.165) is 6.54 Å². The lowest BCUT2D eigenvalue weighted by atomic mass is 10.1. The van der Waals surface area contributed by atoms with E-state index in [1.54, 1.807) is 26.0 Å². The summed E-state index contributed by atoms with van der Waals surface area (Å²) in [7, 11) is -2.30. The van der Waals surface area contributed by atoms with Crippen LogP contribution in [0.5, 0.6) is 5.75 Å². The third kappa shape index (κ3) is 7.49. The fourth-order valence-corrected chi connectivity index (χ4v) is 3.61. The fourth-order valence-electron chi connectivity index (χ4n) is 2.27. The zero-order valence-electron chi connectivity index (χ0n) is 15.9. The molecule has 1 aromatic rings. The Morgan fingerprint density at radius 2 is 1.73 bits per heavy atom. The summed E-state index contributed by atoms with van der Waals surface area (Å²) in [6.45, 7) is 8.77. The zero-order chi connectivity index (χ0) is 19.0. The van der Waals surface area contributed by atoms with E-state index in [4.69, 9.17) is 4.74 Å². The van der Waals surface area contributed by atoms with Gasteiger partial charge in [0.05, 0.1) is 12.0 Å². The molecule has 0 aromatic heterocycles. The highest BCUT2D eigenvalue weighted by molar-refractivity contribution is 7.89. The normalized spacial score (nSPS) is 13.6. The average Bonchev–Trinajstić information content (AvgIpc) is 2.57. The molecule has 0 radical (unpaired) electrons. The first kappa shape index (κ1) is 24.7. The number of likely N-dealkylation sites (N-methyl/N-ethyl adjacent to an activating group) is 1. The number of carbonyl (C=O) groups is 1. The van der Waals surface area contributed by atoms with Crippen molar-refractivity contribution in [2.75, 3.05) is 20.2 Å². The number of hydrogen-bond acceptors (Lipinski definition) is 5. The minimum Gasteiger partial charge on any atom is -0.497 e. The van der Waals surface area contributed by atoms with E-state index in [2.05, 4.69) is 15.4 Å². The van der Waals surface area contributed by atoms with E-state index in [9.17, 15) is 13.2 Å². The van der Waals surface area contributed by atoms with Crippen molar-refractivity contribution in [1.29, 1.82) is 0 Å². The van der Waals surface area contributed by atoms with Gasteiger partial charge in [0.15, 0.2) is 0 Å². The number of nitrogens with one attached hydrogen (secondary N) is 3. The molecule has 3 N–H and O–H groups in total.